The molecular weight excluding hydrogens is 196 g/mol. The maximum Gasteiger partial charge on any atom is 0.104 e. The third kappa shape index (κ3) is 1.69. The van der Waals surface area contributed by atoms with Crippen LogP contribution in [0.2, 0.25) is 0 Å². The standard InChI is InChI=1S/C9H12N4S/c1-6-9(14-5-11-6)8-4-7(2-3-10)12-13-8/h4-5H,2-3,10H2,1H3,(H,12,13). The number of aromatic amines is 1. The van der Waals surface area contributed by atoms with Crippen LogP contribution in [0.5, 0.6) is 0 Å². The minimum absolute atomic E-state index is 0.642. The summed E-state index contributed by atoms with van der Waals surface area (Å²) in [6, 6.07) is 2.04. The van der Waals surface area contributed by atoms with Crippen molar-refractivity contribution < 1.29 is 0 Å². The summed E-state index contributed by atoms with van der Waals surface area (Å²) in [6.45, 7) is 2.63. The summed E-state index contributed by atoms with van der Waals surface area (Å²) in [5, 5.41) is 7.20. The summed E-state index contributed by atoms with van der Waals surface area (Å²) < 4.78 is 0. The molecule has 2 aromatic heterocycles. The van der Waals surface area contributed by atoms with Crippen molar-refractivity contribution in [1.29, 1.82) is 0 Å². The van der Waals surface area contributed by atoms with Crippen molar-refractivity contribution in [3.63, 3.8) is 0 Å². The van der Waals surface area contributed by atoms with Gasteiger partial charge in [0.1, 0.15) is 5.69 Å². The van der Waals surface area contributed by atoms with Gasteiger partial charge in [-0.3, -0.25) is 5.10 Å². The Morgan fingerprint density at radius 1 is 1.57 bits per heavy atom. The van der Waals surface area contributed by atoms with Gasteiger partial charge < -0.3 is 5.73 Å². The quantitative estimate of drug-likeness (QED) is 0.800. The lowest BCUT2D eigenvalue weighted by atomic mass is 10.2. The second kappa shape index (κ2) is 3.89. The minimum Gasteiger partial charge on any atom is -0.330 e. The van der Waals surface area contributed by atoms with Gasteiger partial charge >= 0.3 is 0 Å². The fraction of sp³-hybridized carbons (Fsp3) is 0.333. The van der Waals surface area contributed by atoms with E-state index in [1.807, 2.05) is 18.5 Å². The third-order valence-corrected chi connectivity index (χ3v) is 2.97. The number of nitrogens with two attached hydrogens (primary N) is 1. The second-order valence-electron chi connectivity index (χ2n) is 3.08. The zero-order chi connectivity index (χ0) is 9.97. The molecule has 0 atom stereocenters. The number of rotatable bonds is 3. The first kappa shape index (κ1) is 9.36. The smallest absolute Gasteiger partial charge is 0.104 e. The number of nitrogens with zero attached hydrogens (tertiary/aromatic N) is 2. The molecule has 0 unspecified atom stereocenters. The molecule has 0 saturated heterocycles. The first-order valence-electron chi connectivity index (χ1n) is 4.46. The zero-order valence-electron chi connectivity index (χ0n) is 7.95. The van der Waals surface area contributed by atoms with Crippen LogP contribution >= 0.6 is 11.3 Å². The Bertz CT molecular complexity index is 418. The monoisotopic (exact) mass is 208 g/mol. The van der Waals surface area contributed by atoms with E-state index in [0.29, 0.717) is 6.54 Å². The Morgan fingerprint density at radius 3 is 3.07 bits per heavy atom. The molecule has 0 radical (unpaired) electrons. The highest BCUT2D eigenvalue weighted by Gasteiger charge is 2.08. The van der Waals surface area contributed by atoms with E-state index in [0.717, 1.165) is 28.4 Å². The lowest BCUT2D eigenvalue weighted by Gasteiger charge is -1.89. The van der Waals surface area contributed by atoms with Crippen LogP contribution in [0.4, 0.5) is 0 Å². The molecule has 2 heterocycles. The number of hydrogen-bond acceptors (Lipinski definition) is 4. The molecule has 0 bridgehead atoms. The first-order chi connectivity index (χ1) is 6.81. The molecule has 0 aliphatic carbocycles. The normalized spacial score (nSPS) is 10.7. The van der Waals surface area contributed by atoms with Gasteiger partial charge in [-0.15, -0.1) is 11.3 Å². The highest BCUT2D eigenvalue weighted by molar-refractivity contribution is 7.13. The molecular formula is C9H12N4S. The maximum atomic E-state index is 5.46. The Hall–Kier alpha value is -1.20. The Morgan fingerprint density at radius 2 is 2.43 bits per heavy atom. The lowest BCUT2D eigenvalue weighted by Crippen LogP contribution is -2.02. The molecule has 0 saturated carbocycles. The topological polar surface area (TPSA) is 67.6 Å². The van der Waals surface area contributed by atoms with Crippen molar-refractivity contribution in [2.75, 3.05) is 6.54 Å². The maximum absolute atomic E-state index is 5.46. The van der Waals surface area contributed by atoms with Gasteiger partial charge in [0.05, 0.1) is 16.1 Å². The summed E-state index contributed by atoms with van der Waals surface area (Å²) in [6.07, 6.45) is 0.838. The van der Waals surface area contributed by atoms with E-state index in [4.69, 9.17) is 5.73 Å². The number of H-pyrrole nitrogens is 1. The molecule has 0 aliphatic heterocycles. The molecule has 0 aromatic carbocycles. The van der Waals surface area contributed by atoms with E-state index in [-0.39, 0.29) is 0 Å². The van der Waals surface area contributed by atoms with Crippen LogP contribution in [0, 0.1) is 6.92 Å². The summed E-state index contributed by atoms with van der Waals surface area (Å²) in [7, 11) is 0. The van der Waals surface area contributed by atoms with Crippen LogP contribution in [0.25, 0.3) is 10.6 Å². The average molecular weight is 208 g/mol. The molecule has 14 heavy (non-hydrogen) atoms. The molecule has 2 rings (SSSR count). The molecule has 3 N–H and O–H groups in total. The van der Waals surface area contributed by atoms with Crippen LogP contribution in [0.1, 0.15) is 11.4 Å². The van der Waals surface area contributed by atoms with E-state index in [9.17, 15) is 0 Å². The summed E-state index contributed by atoms with van der Waals surface area (Å²) >= 11 is 1.61. The molecule has 2 aromatic rings. The van der Waals surface area contributed by atoms with Crippen LogP contribution in [-0.4, -0.2) is 21.7 Å². The molecule has 0 spiro atoms. The number of hydrogen-bond donors (Lipinski definition) is 2. The third-order valence-electron chi connectivity index (χ3n) is 2.02. The minimum atomic E-state index is 0.642. The lowest BCUT2D eigenvalue weighted by molar-refractivity contribution is 0.902. The van der Waals surface area contributed by atoms with Gasteiger partial charge in [-0.2, -0.15) is 5.10 Å². The molecule has 0 fully saturated rings. The van der Waals surface area contributed by atoms with E-state index >= 15 is 0 Å². The molecule has 4 nitrogen and oxygen atoms in total. The number of nitrogens with one attached hydrogen (secondary N) is 1. The number of aryl methyl sites for hydroxylation is 1. The van der Waals surface area contributed by atoms with Crippen LogP contribution in [0.15, 0.2) is 11.6 Å². The van der Waals surface area contributed by atoms with Gasteiger partial charge in [0, 0.05) is 12.1 Å². The van der Waals surface area contributed by atoms with Crippen molar-refractivity contribution in [1.82, 2.24) is 15.2 Å². The van der Waals surface area contributed by atoms with Gasteiger partial charge in [0.2, 0.25) is 0 Å². The van der Waals surface area contributed by atoms with Crippen LogP contribution in [0.3, 0.4) is 0 Å². The molecule has 5 heteroatoms. The van der Waals surface area contributed by atoms with Crippen molar-refractivity contribution >= 4 is 11.3 Å². The van der Waals surface area contributed by atoms with E-state index in [1.165, 1.54) is 0 Å². The van der Waals surface area contributed by atoms with E-state index < -0.39 is 0 Å². The second-order valence-corrected chi connectivity index (χ2v) is 3.94. The average Bonchev–Trinajstić information content (AvgIpc) is 2.74. The highest BCUT2D eigenvalue weighted by Crippen LogP contribution is 2.25. The van der Waals surface area contributed by atoms with Crippen molar-refractivity contribution in [3.05, 3.63) is 23.0 Å². The van der Waals surface area contributed by atoms with E-state index in [1.54, 1.807) is 11.3 Å². The van der Waals surface area contributed by atoms with Crippen molar-refractivity contribution in [2.24, 2.45) is 5.73 Å². The molecule has 0 aliphatic rings. The molecule has 74 valence electrons. The molecule has 0 amide bonds. The fourth-order valence-electron chi connectivity index (χ4n) is 1.31. The van der Waals surface area contributed by atoms with Gasteiger partial charge in [-0.1, -0.05) is 0 Å². The Kier molecular flexibility index (Phi) is 2.60. The van der Waals surface area contributed by atoms with E-state index in [2.05, 4.69) is 15.2 Å². The van der Waals surface area contributed by atoms with Gasteiger partial charge in [0.15, 0.2) is 0 Å². The van der Waals surface area contributed by atoms with Crippen molar-refractivity contribution in [2.45, 2.75) is 13.3 Å². The van der Waals surface area contributed by atoms with Gasteiger partial charge in [-0.05, 0) is 19.5 Å². The van der Waals surface area contributed by atoms with Crippen LogP contribution in [-0.2, 0) is 6.42 Å². The summed E-state index contributed by atoms with van der Waals surface area (Å²) in [5.41, 5.74) is 10.4. The van der Waals surface area contributed by atoms with Gasteiger partial charge in [-0.25, -0.2) is 4.98 Å². The predicted molar refractivity (Wildman–Crippen MR) is 57.2 cm³/mol. The van der Waals surface area contributed by atoms with Crippen LogP contribution < -0.4 is 5.73 Å². The fourth-order valence-corrected chi connectivity index (χ4v) is 2.07. The predicted octanol–water partition coefficient (Wildman–Crippen LogP) is 1.34. The largest absolute Gasteiger partial charge is 0.330 e. The Labute approximate surface area is 86.2 Å². The van der Waals surface area contributed by atoms with Crippen molar-refractivity contribution in [3.8, 4) is 10.6 Å². The summed E-state index contributed by atoms with van der Waals surface area (Å²) in [5.74, 6) is 0. The SMILES string of the molecule is Cc1ncsc1-c1cc(CCN)[nH]n1. The first-order valence-corrected chi connectivity index (χ1v) is 5.34. The number of aromatic nitrogens is 3. The van der Waals surface area contributed by atoms with Gasteiger partial charge in [0.25, 0.3) is 0 Å². The highest BCUT2D eigenvalue weighted by atomic mass is 32.1. The Balaban J connectivity index is 2.29. The zero-order valence-corrected chi connectivity index (χ0v) is 8.77. The number of thiazole rings is 1. The summed E-state index contributed by atoms with van der Waals surface area (Å²) in [4.78, 5) is 5.32.